The number of methoxy groups -OCH3 is 1. The third kappa shape index (κ3) is 4.44. The van der Waals surface area contributed by atoms with Crippen LogP contribution in [-0.2, 0) is 16.1 Å². The summed E-state index contributed by atoms with van der Waals surface area (Å²) < 4.78 is 5.09. The molecule has 0 aromatic heterocycles. The summed E-state index contributed by atoms with van der Waals surface area (Å²) in [5.41, 5.74) is 7.14. The van der Waals surface area contributed by atoms with E-state index in [1.54, 1.807) is 7.11 Å². The summed E-state index contributed by atoms with van der Waals surface area (Å²) in [6.45, 7) is 0.419. The second-order valence-electron chi connectivity index (χ2n) is 6.78. The molecule has 25 heavy (non-hydrogen) atoms. The third-order valence-electron chi connectivity index (χ3n) is 5.36. The minimum atomic E-state index is -0.198. The van der Waals surface area contributed by atoms with Gasteiger partial charge < -0.3 is 21.1 Å². The zero-order valence-electron chi connectivity index (χ0n) is 14.4. The number of nitrogens with two attached hydrogens (primary N) is 1. The van der Waals surface area contributed by atoms with Crippen LogP contribution >= 0.6 is 12.4 Å². The van der Waals surface area contributed by atoms with Crippen molar-refractivity contribution in [2.24, 2.45) is 23.5 Å². The lowest BCUT2D eigenvalue weighted by molar-refractivity contribution is -0.130. The second kappa shape index (κ2) is 8.54. The molecule has 4 unspecified atom stereocenters. The molecule has 2 aliphatic rings. The van der Waals surface area contributed by atoms with Crippen LogP contribution in [0.15, 0.2) is 24.3 Å². The highest BCUT2D eigenvalue weighted by Crippen LogP contribution is 2.47. The number of nitrogens with one attached hydrogen (secondary N) is 2. The number of benzene rings is 1. The fourth-order valence-corrected chi connectivity index (χ4v) is 4.02. The Bertz CT molecular complexity index is 606. The number of hydrogen-bond donors (Lipinski definition) is 3. The van der Waals surface area contributed by atoms with Crippen molar-refractivity contribution in [3.8, 4) is 5.75 Å². The molecule has 2 amide bonds. The van der Waals surface area contributed by atoms with E-state index in [1.165, 1.54) is 0 Å². The van der Waals surface area contributed by atoms with Gasteiger partial charge in [0.15, 0.2) is 0 Å². The third-order valence-corrected chi connectivity index (χ3v) is 5.36. The van der Waals surface area contributed by atoms with E-state index in [4.69, 9.17) is 10.5 Å². The van der Waals surface area contributed by atoms with Crippen LogP contribution in [0.5, 0.6) is 5.75 Å². The average molecular weight is 368 g/mol. The lowest BCUT2D eigenvalue weighted by Crippen LogP contribution is -2.47. The number of carbonyl (C=O) groups excluding carboxylic acids is 2. The van der Waals surface area contributed by atoms with Gasteiger partial charge in [0.1, 0.15) is 5.75 Å². The van der Waals surface area contributed by atoms with Crippen LogP contribution in [0.25, 0.3) is 0 Å². The molecule has 0 saturated heterocycles. The van der Waals surface area contributed by atoms with Gasteiger partial charge in [-0.2, -0.15) is 0 Å². The van der Waals surface area contributed by atoms with Crippen molar-refractivity contribution >= 4 is 24.2 Å². The summed E-state index contributed by atoms with van der Waals surface area (Å²) in [4.78, 5) is 24.2. The molecular weight excluding hydrogens is 342 g/mol. The van der Waals surface area contributed by atoms with Gasteiger partial charge in [-0.05, 0) is 48.8 Å². The summed E-state index contributed by atoms with van der Waals surface area (Å²) in [6.07, 6.45) is 3.28. The Balaban J connectivity index is 0.00000225. The molecule has 4 atom stereocenters. The molecule has 3 rings (SSSR count). The van der Waals surface area contributed by atoms with Gasteiger partial charge in [0, 0.05) is 12.6 Å². The predicted molar refractivity (Wildman–Crippen MR) is 97.4 cm³/mol. The molecular formula is C18H26ClN3O3. The van der Waals surface area contributed by atoms with Crippen LogP contribution in [0.1, 0.15) is 24.8 Å². The number of fused-ring (bicyclic) bond motifs is 2. The lowest BCUT2D eigenvalue weighted by atomic mass is 9.84. The molecule has 0 radical (unpaired) electrons. The number of ether oxygens (including phenoxy) is 1. The van der Waals surface area contributed by atoms with Gasteiger partial charge >= 0.3 is 0 Å². The topological polar surface area (TPSA) is 93.5 Å². The normalized spacial score (nSPS) is 26.6. The Morgan fingerprint density at radius 3 is 2.44 bits per heavy atom. The molecule has 1 aromatic carbocycles. The van der Waals surface area contributed by atoms with E-state index in [9.17, 15) is 9.59 Å². The molecule has 6 nitrogen and oxygen atoms in total. The maximum atomic E-state index is 12.3. The standard InChI is InChI=1S/C18H25N3O3.ClH/c1-24-14-6-2-11(3-7-14)9-20-15(22)10-21-18(23)16-12-4-5-13(8-12)17(16)19;/h2-3,6-7,12-13,16-17H,4-5,8-10,19H2,1H3,(H,20,22)(H,21,23);1H. The van der Waals surface area contributed by atoms with E-state index >= 15 is 0 Å². The molecule has 0 heterocycles. The van der Waals surface area contributed by atoms with Crippen molar-refractivity contribution in [3.63, 3.8) is 0 Å². The zero-order valence-corrected chi connectivity index (χ0v) is 15.2. The smallest absolute Gasteiger partial charge is 0.239 e. The Labute approximate surface area is 154 Å². The number of carbonyl (C=O) groups is 2. The van der Waals surface area contributed by atoms with Crippen LogP contribution in [0.4, 0.5) is 0 Å². The fourth-order valence-electron chi connectivity index (χ4n) is 4.02. The first-order chi connectivity index (χ1) is 11.6. The van der Waals surface area contributed by atoms with Crippen molar-refractivity contribution < 1.29 is 14.3 Å². The maximum Gasteiger partial charge on any atom is 0.239 e. The van der Waals surface area contributed by atoms with E-state index in [1.807, 2.05) is 24.3 Å². The summed E-state index contributed by atoms with van der Waals surface area (Å²) >= 11 is 0. The molecule has 2 bridgehead atoms. The largest absolute Gasteiger partial charge is 0.497 e. The van der Waals surface area contributed by atoms with Crippen LogP contribution in [0.2, 0.25) is 0 Å². The highest BCUT2D eigenvalue weighted by atomic mass is 35.5. The van der Waals surface area contributed by atoms with Crippen molar-refractivity contribution in [2.75, 3.05) is 13.7 Å². The second-order valence-corrected chi connectivity index (χ2v) is 6.78. The molecule has 2 aliphatic carbocycles. The fraction of sp³-hybridized carbons (Fsp3) is 0.556. The minimum Gasteiger partial charge on any atom is -0.497 e. The van der Waals surface area contributed by atoms with Gasteiger partial charge in [0.2, 0.25) is 11.8 Å². The van der Waals surface area contributed by atoms with Crippen LogP contribution < -0.4 is 21.1 Å². The lowest BCUT2D eigenvalue weighted by Gasteiger charge is -2.26. The summed E-state index contributed by atoms with van der Waals surface area (Å²) in [5, 5.41) is 5.55. The first-order valence-corrected chi connectivity index (χ1v) is 8.51. The summed E-state index contributed by atoms with van der Waals surface area (Å²) in [5.74, 6) is 1.25. The van der Waals surface area contributed by atoms with Gasteiger partial charge in [0.25, 0.3) is 0 Å². The molecule has 4 N–H and O–H groups in total. The Morgan fingerprint density at radius 1 is 1.16 bits per heavy atom. The van der Waals surface area contributed by atoms with Crippen LogP contribution in [0, 0.1) is 17.8 Å². The molecule has 1 aromatic rings. The first-order valence-electron chi connectivity index (χ1n) is 8.51. The quantitative estimate of drug-likeness (QED) is 0.704. The van der Waals surface area contributed by atoms with E-state index in [2.05, 4.69) is 10.6 Å². The Morgan fingerprint density at radius 2 is 1.84 bits per heavy atom. The molecule has 0 aliphatic heterocycles. The Kier molecular flexibility index (Phi) is 6.67. The molecule has 7 heteroatoms. The van der Waals surface area contributed by atoms with Crippen LogP contribution in [-0.4, -0.2) is 31.5 Å². The monoisotopic (exact) mass is 367 g/mol. The van der Waals surface area contributed by atoms with Crippen LogP contribution in [0.3, 0.4) is 0 Å². The van der Waals surface area contributed by atoms with Crippen molar-refractivity contribution in [3.05, 3.63) is 29.8 Å². The SMILES string of the molecule is COc1ccc(CNC(=O)CNC(=O)C2C3CCC(C3)C2N)cc1.Cl. The number of amides is 2. The van der Waals surface area contributed by atoms with Gasteiger partial charge in [-0.3, -0.25) is 9.59 Å². The summed E-state index contributed by atoms with van der Waals surface area (Å²) in [7, 11) is 1.61. The molecule has 0 spiro atoms. The molecule has 2 saturated carbocycles. The van der Waals surface area contributed by atoms with E-state index in [0.29, 0.717) is 18.4 Å². The van der Waals surface area contributed by atoms with Gasteiger partial charge in [0.05, 0.1) is 19.6 Å². The Hall–Kier alpha value is -1.79. The minimum absolute atomic E-state index is 0. The highest BCUT2D eigenvalue weighted by Gasteiger charge is 2.48. The zero-order chi connectivity index (χ0) is 17.1. The van der Waals surface area contributed by atoms with Crippen molar-refractivity contribution in [2.45, 2.75) is 31.8 Å². The van der Waals surface area contributed by atoms with Gasteiger partial charge in [-0.15, -0.1) is 12.4 Å². The van der Waals surface area contributed by atoms with E-state index in [-0.39, 0.29) is 42.7 Å². The number of rotatable bonds is 6. The first kappa shape index (κ1) is 19.5. The van der Waals surface area contributed by atoms with Crippen molar-refractivity contribution in [1.29, 1.82) is 0 Å². The molecule has 2 fully saturated rings. The predicted octanol–water partition coefficient (Wildman–Crippen LogP) is 1.22. The van der Waals surface area contributed by atoms with Crippen molar-refractivity contribution in [1.82, 2.24) is 10.6 Å². The number of halogens is 1. The maximum absolute atomic E-state index is 12.3. The van der Waals surface area contributed by atoms with Gasteiger partial charge in [-0.1, -0.05) is 12.1 Å². The summed E-state index contributed by atoms with van der Waals surface area (Å²) in [6, 6.07) is 7.43. The number of hydrogen-bond acceptors (Lipinski definition) is 4. The van der Waals surface area contributed by atoms with Gasteiger partial charge in [-0.25, -0.2) is 0 Å². The van der Waals surface area contributed by atoms with E-state index < -0.39 is 0 Å². The molecule has 138 valence electrons. The van der Waals surface area contributed by atoms with E-state index in [0.717, 1.165) is 30.6 Å². The average Bonchev–Trinajstić information content (AvgIpc) is 3.19. The highest BCUT2D eigenvalue weighted by molar-refractivity contribution is 5.86.